The molecule has 0 radical (unpaired) electrons. The summed E-state index contributed by atoms with van der Waals surface area (Å²) in [6.45, 7) is 1.74. The molecule has 3 rings (SSSR count). The van der Waals surface area contributed by atoms with Crippen LogP contribution >= 0.6 is 27.5 Å². The first-order valence-corrected chi connectivity index (χ1v) is 10.2. The number of nitriles is 1. The summed E-state index contributed by atoms with van der Waals surface area (Å²) in [4.78, 5) is 2.29. The lowest BCUT2D eigenvalue weighted by atomic mass is 10.1. The number of hydrogen-bond donors (Lipinski definition) is 0. The van der Waals surface area contributed by atoms with E-state index < -0.39 is 10.0 Å². The molecular weight excluding hydrogens is 426 g/mol. The van der Waals surface area contributed by atoms with E-state index in [0.717, 1.165) is 5.69 Å². The van der Waals surface area contributed by atoms with Gasteiger partial charge in [0.25, 0.3) is 0 Å². The van der Waals surface area contributed by atoms with Gasteiger partial charge in [-0.2, -0.15) is 9.57 Å². The minimum atomic E-state index is -3.55. The molecule has 0 spiro atoms. The molecule has 2 aromatic rings. The predicted molar refractivity (Wildman–Crippen MR) is 101 cm³/mol. The number of rotatable bonds is 3. The van der Waals surface area contributed by atoms with Crippen molar-refractivity contribution in [3.8, 4) is 6.07 Å². The Kier molecular flexibility index (Phi) is 5.35. The quantitative estimate of drug-likeness (QED) is 0.733. The summed E-state index contributed by atoms with van der Waals surface area (Å²) in [5, 5.41) is 9.80. The molecule has 2 aromatic carbocycles. The molecule has 0 N–H and O–H groups in total. The van der Waals surface area contributed by atoms with E-state index >= 15 is 0 Å². The summed E-state index contributed by atoms with van der Waals surface area (Å²) >= 11 is 9.25. The van der Waals surface area contributed by atoms with E-state index in [0.29, 0.717) is 41.2 Å². The van der Waals surface area contributed by atoms with Gasteiger partial charge >= 0.3 is 0 Å². The first kappa shape index (κ1) is 18.2. The molecule has 1 aliphatic heterocycles. The average Bonchev–Trinajstić information content (AvgIpc) is 2.62. The van der Waals surface area contributed by atoms with Crippen molar-refractivity contribution in [1.29, 1.82) is 5.26 Å². The van der Waals surface area contributed by atoms with Crippen LogP contribution < -0.4 is 4.90 Å². The molecule has 0 unspecified atom stereocenters. The molecule has 1 heterocycles. The molecule has 0 aliphatic carbocycles. The Morgan fingerprint density at radius 1 is 1.08 bits per heavy atom. The monoisotopic (exact) mass is 439 g/mol. The second kappa shape index (κ2) is 7.34. The van der Waals surface area contributed by atoms with Crippen molar-refractivity contribution in [1.82, 2.24) is 4.31 Å². The van der Waals surface area contributed by atoms with Gasteiger partial charge in [-0.05, 0) is 46.3 Å². The Labute approximate surface area is 160 Å². The van der Waals surface area contributed by atoms with E-state index in [9.17, 15) is 13.7 Å². The molecule has 0 saturated carbocycles. The zero-order valence-electron chi connectivity index (χ0n) is 13.2. The van der Waals surface area contributed by atoms with Crippen molar-refractivity contribution in [3.05, 3.63) is 57.5 Å². The highest BCUT2D eigenvalue weighted by Crippen LogP contribution is 2.28. The zero-order valence-corrected chi connectivity index (χ0v) is 16.4. The number of hydrogen-bond acceptors (Lipinski definition) is 4. The van der Waals surface area contributed by atoms with Crippen LogP contribution in [0.3, 0.4) is 0 Å². The molecule has 1 fully saturated rings. The zero-order chi connectivity index (χ0) is 18.0. The molecule has 130 valence electrons. The summed E-state index contributed by atoms with van der Waals surface area (Å²) in [6, 6.07) is 14.1. The highest BCUT2D eigenvalue weighted by atomic mass is 79.9. The van der Waals surface area contributed by atoms with Gasteiger partial charge in [0.05, 0.1) is 16.1 Å². The van der Waals surface area contributed by atoms with Crippen molar-refractivity contribution in [2.45, 2.75) is 4.90 Å². The fourth-order valence-electron chi connectivity index (χ4n) is 2.84. The van der Waals surface area contributed by atoms with Crippen molar-refractivity contribution in [3.63, 3.8) is 0 Å². The third-order valence-corrected chi connectivity index (χ3v) is 7.26. The molecule has 0 amide bonds. The normalized spacial score (nSPS) is 15.8. The molecule has 8 heteroatoms. The molecular formula is C17H15BrClN3O2S. The second-order valence-corrected chi connectivity index (χ2v) is 8.79. The number of sulfonamides is 1. The summed E-state index contributed by atoms with van der Waals surface area (Å²) in [5.41, 5.74) is 1.28. The molecule has 5 nitrogen and oxygen atoms in total. The standard InChI is InChI=1S/C17H15BrClN3O2S/c18-15-3-1-2-4-17(15)25(23,24)22-9-7-21(8-10-22)16-6-5-14(19)11-13(16)12-20/h1-6,11H,7-10H2. The van der Waals surface area contributed by atoms with Gasteiger partial charge in [-0.1, -0.05) is 23.7 Å². The van der Waals surface area contributed by atoms with E-state index in [1.165, 1.54) is 4.31 Å². The van der Waals surface area contributed by atoms with Gasteiger partial charge in [0, 0.05) is 35.7 Å². The topological polar surface area (TPSA) is 64.4 Å². The number of nitrogens with zero attached hydrogens (tertiary/aromatic N) is 3. The van der Waals surface area contributed by atoms with E-state index in [-0.39, 0.29) is 4.90 Å². The molecule has 1 saturated heterocycles. The van der Waals surface area contributed by atoms with Crippen LogP contribution in [0.25, 0.3) is 0 Å². The lowest BCUT2D eigenvalue weighted by Crippen LogP contribution is -2.48. The van der Waals surface area contributed by atoms with Crippen LogP contribution in [-0.2, 0) is 10.0 Å². The van der Waals surface area contributed by atoms with Gasteiger partial charge in [-0.25, -0.2) is 8.42 Å². The third-order valence-electron chi connectivity index (χ3n) is 4.11. The Hall–Kier alpha value is -1.59. The van der Waals surface area contributed by atoms with E-state index in [1.54, 1.807) is 42.5 Å². The SMILES string of the molecule is N#Cc1cc(Cl)ccc1N1CCN(S(=O)(=O)c2ccccc2Br)CC1. The van der Waals surface area contributed by atoms with Crippen molar-refractivity contribution in [2.24, 2.45) is 0 Å². The Balaban J connectivity index is 1.79. The summed E-state index contributed by atoms with van der Waals surface area (Å²) in [7, 11) is -3.55. The second-order valence-electron chi connectivity index (χ2n) is 5.59. The molecule has 0 bridgehead atoms. The third kappa shape index (κ3) is 3.67. The van der Waals surface area contributed by atoms with Crippen molar-refractivity contribution < 1.29 is 8.42 Å². The van der Waals surface area contributed by atoms with Gasteiger partial charge in [-0.3, -0.25) is 0 Å². The molecule has 0 atom stereocenters. The Morgan fingerprint density at radius 3 is 2.40 bits per heavy atom. The lowest BCUT2D eigenvalue weighted by Gasteiger charge is -2.35. The van der Waals surface area contributed by atoms with Crippen molar-refractivity contribution in [2.75, 3.05) is 31.1 Å². The van der Waals surface area contributed by atoms with Crippen LogP contribution in [0.15, 0.2) is 51.8 Å². The number of halogens is 2. The predicted octanol–water partition coefficient (Wildman–Crippen LogP) is 3.49. The fraction of sp³-hybridized carbons (Fsp3) is 0.235. The highest BCUT2D eigenvalue weighted by Gasteiger charge is 2.30. The van der Waals surface area contributed by atoms with E-state index in [2.05, 4.69) is 22.0 Å². The maximum Gasteiger partial charge on any atom is 0.244 e. The minimum absolute atomic E-state index is 0.271. The van der Waals surface area contributed by atoms with Gasteiger partial charge in [0.1, 0.15) is 6.07 Å². The van der Waals surface area contributed by atoms with Gasteiger partial charge in [0.15, 0.2) is 0 Å². The van der Waals surface area contributed by atoms with Gasteiger partial charge < -0.3 is 4.90 Å². The first-order valence-electron chi connectivity index (χ1n) is 7.63. The maximum atomic E-state index is 12.8. The van der Waals surface area contributed by atoms with Crippen LogP contribution in [-0.4, -0.2) is 38.9 Å². The summed E-state index contributed by atoms with van der Waals surface area (Å²) in [5.74, 6) is 0. The van der Waals surface area contributed by atoms with Gasteiger partial charge in [-0.15, -0.1) is 0 Å². The molecule has 25 heavy (non-hydrogen) atoms. The van der Waals surface area contributed by atoms with Crippen LogP contribution in [0, 0.1) is 11.3 Å². The van der Waals surface area contributed by atoms with Crippen molar-refractivity contribution >= 4 is 43.2 Å². The first-order chi connectivity index (χ1) is 11.9. The Bertz CT molecular complexity index is 935. The van der Waals surface area contributed by atoms with E-state index in [4.69, 9.17) is 11.6 Å². The van der Waals surface area contributed by atoms with Gasteiger partial charge in [0.2, 0.25) is 10.0 Å². The summed E-state index contributed by atoms with van der Waals surface area (Å²) < 4.78 is 27.7. The number of benzene rings is 2. The lowest BCUT2D eigenvalue weighted by molar-refractivity contribution is 0.384. The fourth-order valence-corrected chi connectivity index (χ4v) is 5.39. The van der Waals surface area contributed by atoms with Crippen LogP contribution in [0.2, 0.25) is 5.02 Å². The Morgan fingerprint density at radius 2 is 1.76 bits per heavy atom. The minimum Gasteiger partial charge on any atom is -0.368 e. The number of anilines is 1. The highest BCUT2D eigenvalue weighted by molar-refractivity contribution is 9.10. The largest absolute Gasteiger partial charge is 0.368 e. The van der Waals surface area contributed by atoms with Crippen LogP contribution in [0.1, 0.15) is 5.56 Å². The van der Waals surface area contributed by atoms with Crippen LogP contribution in [0.5, 0.6) is 0 Å². The van der Waals surface area contributed by atoms with Crippen LogP contribution in [0.4, 0.5) is 5.69 Å². The number of piperazine rings is 1. The molecule has 1 aliphatic rings. The van der Waals surface area contributed by atoms with E-state index in [1.807, 2.05) is 4.90 Å². The average molecular weight is 441 g/mol. The maximum absolute atomic E-state index is 12.8. The molecule has 0 aromatic heterocycles. The summed E-state index contributed by atoms with van der Waals surface area (Å²) in [6.07, 6.45) is 0. The smallest absolute Gasteiger partial charge is 0.244 e.